The first kappa shape index (κ1) is 19.0. The molecule has 3 heteroatoms. The Morgan fingerprint density at radius 2 is 1.15 bits per heavy atom. The highest BCUT2D eigenvalue weighted by Gasteiger charge is 2.34. The van der Waals surface area contributed by atoms with Gasteiger partial charge in [-0.1, -0.05) is 45.0 Å². The standard InChI is InChI=1S/C24H28N2O/c1-24(2,3)20-14-18(12-16-4-8-21(25)9-5-16)23(27)19(15-20)13-17-6-10-22(26)11-7-17/h4-13,20H,14-15,25-26H2,1-3H3/b18-12+,19-13+. The van der Waals surface area contributed by atoms with Crippen molar-refractivity contribution in [2.45, 2.75) is 33.6 Å². The summed E-state index contributed by atoms with van der Waals surface area (Å²) in [5.74, 6) is 0.555. The van der Waals surface area contributed by atoms with E-state index in [9.17, 15) is 4.79 Å². The number of Topliss-reactive ketones (excluding diaryl/α,β-unsaturated/α-hetero) is 1. The zero-order valence-corrected chi connectivity index (χ0v) is 16.3. The summed E-state index contributed by atoms with van der Waals surface area (Å²) in [7, 11) is 0. The Morgan fingerprint density at radius 1 is 0.778 bits per heavy atom. The van der Waals surface area contributed by atoms with Crippen LogP contribution in [0.5, 0.6) is 0 Å². The Bertz CT molecular complexity index is 814. The molecule has 0 spiro atoms. The average molecular weight is 361 g/mol. The van der Waals surface area contributed by atoms with Gasteiger partial charge in [0.2, 0.25) is 0 Å². The number of allylic oxidation sites excluding steroid dienone is 2. The lowest BCUT2D eigenvalue weighted by Crippen LogP contribution is -2.29. The summed E-state index contributed by atoms with van der Waals surface area (Å²) in [5.41, 5.74) is 16.9. The second kappa shape index (κ2) is 7.43. The second-order valence-electron chi connectivity index (χ2n) is 8.47. The van der Waals surface area contributed by atoms with Gasteiger partial charge >= 0.3 is 0 Å². The summed E-state index contributed by atoms with van der Waals surface area (Å²) in [6.07, 6.45) is 5.62. The number of nitrogens with two attached hydrogens (primary N) is 2. The minimum absolute atomic E-state index is 0.126. The third-order valence-electron chi connectivity index (χ3n) is 5.30. The maximum Gasteiger partial charge on any atom is 0.185 e. The molecule has 0 radical (unpaired) electrons. The third kappa shape index (κ3) is 4.68. The molecule has 0 aromatic heterocycles. The topological polar surface area (TPSA) is 69.1 Å². The van der Waals surface area contributed by atoms with Gasteiger partial charge in [-0.2, -0.15) is 0 Å². The molecule has 0 aliphatic heterocycles. The number of rotatable bonds is 2. The molecular weight excluding hydrogens is 332 g/mol. The highest BCUT2D eigenvalue weighted by Crippen LogP contribution is 2.42. The molecule has 4 N–H and O–H groups in total. The smallest absolute Gasteiger partial charge is 0.185 e. The second-order valence-corrected chi connectivity index (χ2v) is 8.47. The van der Waals surface area contributed by atoms with Gasteiger partial charge in [0.05, 0.1) is 0 Å². The van der Waals surface area contributed by atoms with Crippen LogP contribution in [0.25, 0.3) is 12.2 Å². The minimum atomic E-state index is 0.126. The average Bonchev–Trinajstić information content (AvgIpc) is 2.61. The number of carbonyl (C=O) groups is 1. The van der Waals surface area contributed by atoms with E-state index in [0.717, 1.165) is 46.5 Å². The van der Waals surface area contributed by atoms with E-state index in [1.54, 1.807) is 0 Å². The summed E-state index contributed by atoms with van der Waals surface area (Å²) in [4.78, 5) is 13.2. The van der Waals surface area contributed by atoms with Gasteiger partial charge in [0, 0.05) is 22.5 Å². The van der Waals surface area contributed by atoms with Gasteiger partial charge in [-0.15, -0.1) is 0 Å². The van der Waals surface area contributed by atoms with E-state index in [-0.39, 0.29) is 11.2 Å². The van der Waals surface area contributed by atoms with Crippen LogP contribution < -0.4 is 11.5 Å². The van der Waals surface area contributed by atoms with E-state index < -0.39 is 0 Å². The van der Waals surface area contributed by atoms with Crippen LogP contribution in [0.3, 0.4) is 0 Å². The maximum absolute atomic E-state index is 13.2. The van der Waals surface area contributed by atoms with Crippen LogP contribution in [0.1, 0.15) is 44.7 Å². The van der Waals surface area contributed by atoms with Crippen molar-refractivity contribution in [3.05, 3.63) is 70.8 Å². The summed E-state index contributed by atoms with van der Waals surface area (Å²) >= 11 is 0. The maximum atomic E-state index is 13.2. The van der Waals surface area contributed by atoms with Crippen molar-refractivity contribution in [2.75, 3.05) is 11.5 Å². The first-order valence-electron chi connectivity index (χ1n) is 9.39. The van der Waals surface area contributed by atoms with E-state index >= 15 is 0 Å². The fourth-order valence-electron chi connectivity index (χ4n) is 3.44. The Hall–Kier alpha value is -2.81. The first-order chi connectivity index (χ1) is 12.7. The van der Waals surface area contributed by atoms with E-state index in [2.05, 4.69) is 20.8 Å². The van der Waals surface area contributed by atoms with Crippen molar-refractivity contribution in [3.63, 3.8) is 0 Å². The predicted molar refractivity (Wildman–Crippen MR) is 115 cm³/mol. The van der Waals surface area contributed by atoms with E-state index in [1.807, 2.05) is 60.7 Å². The number of hydrogen-bond donors (Lipinski definition) is 2. The molecule has 0 saturated heterocycles. The van der Waals surface area contributed by atoms with Crippen molar-refractivity contribution in [1.82, 2.24) is 0 Å². The molecule has 0 bridgehead atoms. The van der Waals surface area contributed by atoms with Gasteiger partial charge in [-0.05, 0) is 71.7 Å². The Balaban J connectivity index is 1.99. The van der Waals surface area contributed by atoms with Gasteiger partial charge < -0.3 is 11.5 Å². The van der Waals surface area contributed by atoms with Crippen LogP contribution >= 0.6 is 0 Å². The number of carbonyl (C=O) groups excluding carboxylic acids is 1. The first-order valence-corrected chi connectivity index (χ1v) is 9.39. The molecule has 2 aromatic carbocycles. The SMILES string of the molecule is CC(C)(C)C1C/C(=C\c2ccc(N)cc2)C(=O)/C(=C/c2ccc(N)cc2)C1. The molecule has 0 unspecified atom stereocenters. The minimum Gasteiger partial charge on any atom is -0.399 e. The molecule has 140 valence electrons. The van der Waals surface area contributed by atoms with Crippen molar-refractivity contribution in [3.8, 4) is 0 Å². The molecule has 0 heterocycles. The summed E-state index contributed by atoms with van der Waals surface area (Å²) < 4.78 is 0. The summed E-state index contributed by atoms with van der Waals surface area (Å²) in [6.45, 7) is 6.74. The van der Waals surface area contributed by atoms with Gasteiger partial charge in [0.25, 0.3) is 0 Å². The molecule has 0 amide bonds. The lowest BCUT2D eigenvalue weighted by molar-refractivity contribution is -0.113. The van der Waals surface area contributed by atoms with Crippen molar-refractivity contribution < 1.29 is 4.79 Å². The fourth-order valence-corrected chi connectivity index (χ4v) is 3.44. The molecule has 3 rings (SSSR count). The van der Waals surface area contributed by atoms with Gasteiger partial charge in [-0.25, -0.2) is 0 Å². The van der Waals surface area contributed by atoms with E-state index in [4.69, 9.17) is 11.5 Å². The van der Waals surface area contributed by atoms with Crippen molar-refractivity contribution >= 4 is 29.3 Å². The van der Waals surface area contributed by atoms with Crippen molar-refractivity contribution in [2.24, 2.45) is 11.3 Å². The van der Waals surface area contributed by atoms with Crippen LogP contribution in [0.2, 0.25) is 0 Å². The Morgan fingerprint density at radius 3 is 1.48 bits per heavy atom. The van der Waals surface area contributed by atoms with Crippen LogP contribution in [0.4, 0.5) is 11.4 Å². The largest absolute Gasteiger partial charge is 0.399 e. The van der Waals surface area contributed by atoms with Crippen LogP contribution in [-0.4, -0.2) is 5.78 Å². The predicted octanol–water partition coefficient (Wildman–Crippen LogP) is 5.34. The van der Waals surface area contributed by atoms with Crippen LogP contribution in [0.15, 0.2) is 59.7 Å². The van der Waals surface area contributed by atoms with Crippen molar-refractivity contribution in [1.29, 1.82) is 0 Å². The monoisotopic (exact) mass is 360 g/mol. The number of hydrogen-bond acceptors (Lipinski definition) is 3. The van der Waals surface area contributed by atoms with Gasteiger partial charge in [0.1, 0.15) is 0 Å². The Kier molecular flexibility index (Phi) is 5.22. The Labute approximate surface area is 161 Å². The molecular formula is C24H28N2O. The molecule has 0 atom stereocenters. The lowest BCUT2D eigenvalue weighted by Gasteiger charge is -2.35. The number of anilines is 2. The zero-order valence-electron chi connectivity index (χ0n) is 16.3. The molecule has 1 aliphatic rings. The highest BCUT2D eigenvalue weighted by atomic mass is 16.1. The molecule has 3 nitrogen and oxygen atoms in total. The van der Waals surface area contributed by atoms with Crippen LogP contribution in [-0.2, 0) is 4.79 Å². The molecule has 2 aromatic rings. The molecule has 27 heavy (non-hydrogen) atoms. The highest BCUT2D eigenvalue weighted by molar-refractivity contribution is 6.14. The summed E-state index contributed by atoms with van der Waals surface area (Å²) in [6, 6.07) is 15.3. The number of nitrogen functional groups attached to an aromatic ring is 2. The molecule has 1 saturated carbocycles. The van der Waals surface area contributed by atoms with Gasteiger partial charge in [0.15, 0.2) is 5.78 Å². The molecule has 1 aliphatic carbocycles. The fraction of sp³-hybridized carbons (Fsp3) is 0.292. The zero-order chi connectivity index (χ0) is 19.6. The number of ketones is 1. The quantitative estimate of drug-likeness (QED) is 0.561. The van der Waals surface area contributed by atoms with Crippen LogP contribution in [0, 0.1) is 11.3 Å². The summed E-state index contributed by atoms with van der Waals surface area (Å²) in [5, 5.41) is 0. The third-order valence-corrected chi connectivity index (χ3v) is 5.30. The van der Waals surface area contributed by atoms with Gasteiger partial charge in [-0.3, -0.25) is 4.79 Å². The lowest BCUT2D eigenvalue weighted by atomic mass is 9.68. The normalized spacial score (nSPS) is 21.0. The van der Waals surface area contributed by atoms with E-state index in [1.165, 1.54) is 0 Å². The molecule has 1 fully saturated rings. The van der Waals surface area contributed by atoms with E-state index in [0.29, 0.717) is 5.92 Å². The number of benzene rings is 2.